The van der Waals surface area contributed by atoms with Gasteiger partial charge in [-0.2, -0.15) is 10.4 Å². The number of nitriles is 1. The third-order valence-corrected chi connectivity index (χ3v) is 7.76. The largest absolute Gasteiger partial charge is 0.489 e. The average Bonchev–Trinajstić information content (AvgIpc) is 3.38. The van der Waals surface area contributed by atoms with Gasteiger partial charge < -0.3 is 14.7 Å². The highest BCUT2D eigenvalue weighted by atomic mass is 16.5. The zero-order valence-electron chi connectivity index (χ0n) is 22.8. The lowest BCUT2D eigenvalue weighted by Gasteiger charge is -2.58. The lowest BCUT2D eigenvalue weighted by molar-refractivity contribution is -0.0356. The van der Waals surface area contributed by atoms with Crippen LogP contribution in [0.3, 0.4) is 0 Å². The summed E-state index contributed by atoms with van der Waals surface area (Å²) in [5, 5.41) is 24.1. The Kier molecular flexibility index (Phi) is 6.42. The molecule has 2 bridgehead atoms. The number of hydrogen-bond acceptors (Lipinski definition) is 8. The van der Waals surface area contributed by atoms with E-state index in [2.05, 4.69) is 38.8 Å². The Bertz CT molecular complexity index is 1610. The fourth-order valence-corrected chi connectivity index (χ4v) is 5.82. The summed E-state index contributed by atoms with van der Waals surface area (Å²) in [6.45, 7) is 7.53. The van der Waals surface area contributed by atoms with Crippen LogP contribution in [0, 0.1) is 23.7 Å². The Hall–Kier alpha value is -4.44. The quantitative estimate of drug-likeness (QED) is 0.358. The van der Waals surface area contributed by atoms with Crippen molar-refractivity contribution in [1.29, 1.82) is 5.26 Å². The van der Waals surface area contributed by atoms with Crippen molar-refractivity contribution in [3.63, 3.8) is 0 Å². The van der Waals surface area contributed by atoms with Gasteiger partial charge in [-0.15, -0.1) is 6.42 Å². The molecular weight excluding hydrogens is 502 g/mol. The number of hydrogen-bond donors (Lipinski definition) is 1. The van der Waals surface area contributed by atoms with E-state index in [1.165, 1.54) is 6.42 Å². The number of aliphatic hydroxyl groups is 1. The maximum absolute atomic E-state index is 10.1. The van der Waals surface area contributed by atoms with Crippen LogP contribution in [0.5, 0.6) is 5.75 Å². The van der Waals surface area contributed by atoms with Crippen LogP contribution >= 0.6 is 0 Å². The van der Waals surface area contributed by atoms with Gasteiger partial charge in [0.25, 0.3) is 0 Å². The molecule has 0 amide bonds. The number of anilines is 1. The number of piperidine rings is 1. The van der Waals surface area contributed by atoms with Crippen molar-refractivity contribution in [2.75, 3.05) is 24.6 Å². The normalized spacial score (nSPS) is 19.5. The molecular formula is C31H31N7O2. The highest BCUT2D eigenvalue weighted by Crippen LogP contribution is 2.40. The van der Waals surface area contributed by atoms with Crippen molar-refractivity contribution in [2.45, 2.75) is 50.9 Å². The first-order valence-electron chi connectivity index (χ1n) is 13.4. The molecule has 0 radical (unpaired) electrons. The van der Waals surface area contributed by atoms with Crippen LogP contribution in [0.4, 0.5) is 5.82 Å². The SMILES string of the molecule is C#Cc1ccc(C(C)N2C3CC2CN(c2ccc(-c4cc(OCC(C)(C)O)cn5ncc(C#N)c45)cn2)C3)nc1. The molecule has 3 fully saturated rings. The van der Waals surface area contributed by atoms with Gasteiger partial charge in [0.15, 0.2) is 0 Å². The Morgan fingerprint density at radius 1 is 1.15 bits per heavy atom. The summed E-state index contributed by atoms with van der Waals surface area (Å²) >= 11 is 0. The summed E-state index contributed by atoms with van der Waals surface area (Å²) in [4.78, 5) is 14.3. The molecule has 9 heteroatoms. The third kappa shape index (κ3) is 4.75. The van der Waals surface area contributed by atoms with E-state index in [9.17, 15) is 10.4 Å². The Balaban J connectivity index is 1.21. The van der Waals surface area contributed by atoms with Crippen LogP contribution < -0.4 is 9.64 Å². The molecule has 0 aromatic carbocycles. The minimum absolute atomic E-state index is 0.126. The van der Waals surface area contributed by atoms with Gasteiger partial charge in [0.1, 0.15) is 24.2 Å². The van der Waals surface area contributed by atoms with E-state index < -0.39 is 5.60 Å². The topological polar surface area (TPSA) is 103 Å². The molecule has 3 aliphatic rings. The Morgan fingerprint density at radius 2 is 1.95 bits per heavy atom. The molecule has 4 aromatic rings. The summed E-state index contributed by atoms with van der Waals surface area (Å²) in [5.41, 5.74) is 3.69. The molecule has 202 valence electrons. The second-order valence-corrected chi connectivity index (χ2v) is 11.2. The van der Waals surface area contributed by atoms with Gasteiger partial charge in [-0.05, 0) is 57.5 Å². The molecule has 4 aromatic heterocycles. The van der Waals surface area contributed by atoms with Crippen molar-refractivity contribution < 1.29 is 9.84 Å². The van der Waals surface area contributed by atoms with E-state index in [0.29, 0.717) is 28.9 Å². The Labute approximate surface area is 233 Å². The summed E-state index contributed by atoms with van der Waals surface area (Å²) in [6.07, 6.45) is 13.5. The number of nitrogens with zero attached hydrogens (tertiary/aromatic N) is 7. The molecule has 3 aliphatic heterocycles. The summed E-state index contributed by atoms with van der Waals surface area (Å²) < 4.78 is 7.49. The van der Waals surface area contributed by atoms with E-state index in [0.717, 1.165) is 41.3 Å². The number of piperazine rings is 1. The first-order valence-corrected chi connectivity index (χ1v) is 13.4. The smallest absolute Gasteiger partial charge is 0.138 e. The van der Waals surface area contributed by atoms with Gasteiger partial charge in [0.05, 0.1) is 34.8 Å². The highest BCUT2D eigenvalue weighted by molar-refractivity contribution is 5.85. The van der Waals surface area contributed by atoms with E-state index in [4.69, 9.17) is 16.1 Å². The van der Waals surface area contributed by atoms with Gasteiger partial charge in [0, 0.05) is 60.3 Å². The summed E-state index contributed by atoms with van der Waals surface area (Å²) in [7, 11) is 0. The maximum atomic E-state index is 10.1. The molecule has 7 rings (SSSR count). The molecule has 9 nitrogen and oxygen atoms in total. The third-order valence-electron chi connectivity index (χ3n) is 7.76. The van der Waals surface area contributed by atoms with Crippen molar-refractivity contribution in [3.05, 3.63) is 71.9 Å². The second-order valence-electron chi connectivity index (χ2n) is 11.2. The van der Waals surface area contributed by atoms with Crippen molar-refractivity contribution in [3.8, 4) is 35.3 Å². The maximum Gasteiger partial charge on any atom is 0.138 e. The van der Waals surface area contributed by atoms with Crippen LogP contribution in [0.25, 0.3) is 16.6 Å². The van der Waals surface area contributed by atoms with E-state index in [-0.39, 0.29) is 12.6 Å². The lowest BCUT2D eigenvalue weighted by Crippen LogP contribution is -2.69. The lowest BCUT2D eigenvalue weighted by atomic mass is 9.85. The van der Waals surface area contributed by atoms with Crippen molar-refractivity contribution in [1.82, 2.24) is 24.5 Å². The molecule has 1 N–H and O–H groups in total. The van der Waals surface area contributed by atoms with Crippen LogP contribution in [0.15, 0.2) is 55.1 Å². The molecule has 0 spiro atoms. The molecule has 3 saturated heterocycles. The molecule has 3 atom stereocenters. The minimum atomic E-state index is -0.980. The minimum Gasteiger partial charge on any atom is -0.489 e. The average molecular weight is 534 g/mol. The van der Waals surface area contributed by atoms with Crippen LogP contribution in [0.1, 0.15) is 50.1 Å². The van der Waals surface area contributed by atoms with Crippen LogP contribution in [0.2, 0.25) is 0 Å². The number of pyridine rings is 3. The fourth-order valence-electron chi connectivity index (χ4n) is 5.82. The van der Waals surface area contributed by atoms with Gasteiger partial charge in [-0.1, -0.05) is 5.92 Å². The van der Waals surface area contributed by atoms with E-state index >= 15 is 0 Å². The standard InChI is InChI=1S/C31H31N7O2/c1-5-21-6-8-28(33-13-21)20(2)38-24-10-25(38)17-36(16-24)29-9-7-22(14-34-29)27-11-26(40-19-31(3,4)39)18-37-30(27)23(12-32)15-35-37/h1,6-9,11,13-15,18,20,24-25,39H,10,16-17,19H2,2-4H3. The zero-order valence-corrected chi connectivity index (χ0v) is 22.8. The van der Waals surface area contributed by atoms with Crippen molar-refractivity contribution >= 4 is 11.3 Å². The number of aromatic nitrogens is 4. The van der Waals surface area contributed by atoms with Gasteiger partial charge in [-0.3, -0.25) is 9.88 Å². The van der Waals surface area contributed by atoms with E-state index in [1.54, 1.807) is 37.0 Å². The fraction of sp³-hybridized carbons (Fsp3) is 0.355. The highest BCUT2D eigenvalue weighted by Gasteiger charge is 2.47. The summed E-state index contributed by atoms with van der Waals surface area (Å²) in [5.74, 6) is 4.11. The second kappa shape index (κ2) is 9.95. The first-order chi connectivity index (χ1) is 19.2. The predicted molar refractivity (Wildman–Crippen MR) is 152 cm³/mol. The zero-order chi connectivity index (χ0) is 28.0. The molecule has 40 heavy (non-hydrogen) atoms. The number of fused-ring (bicyclic) bond motifs is 3. The molecule has 0 saturated carbocycles. The molecule has 0 aliphatic carbocycles. The van der Waals surface area contributed by atoms with Crippen LogP contribution in [-0.4, -0.2) is 67.0 Å². The molecule has 3 unspecified atom stereocenters. The number of terminal acetylenes is 1. The van der Waals surface area contributed by atoms with Crippen molar-refractivity contribution in [2.24, 2.45) is 0 Å². The Morgan fingerprint density at radius 3 is 2.58 bits per heavy atom. The summed E-state index contributed by atoms with van der Waals surface area (Å²) in [6, 6.07) is 13.3. The van der Waals surface area contributed by atoms with Crippen LogP contribution in [-0.2, 0) is 0 Å². The number of ether oxygens (including phenoxy) is 1. The first kappa shape index (κ1) is 25.8. The predicted octanol–water partition coefficient (Wildman–Crippen LogP) is 3.82. The van der Waals surface area contributed by atoms with E-state index in [1.807, 2.05) is 36.5 Å². The van der Waals surface area contributed by atoms with Gasteiger partial charge in [-0.25, -0.2) is 9.50 Å². The number of rotatable bonds is 7. The monoisotopic (exact) mass is 533 g/mol. The van der Waals surface area contributed by atoms with Gasteiger partial charge in [0.2, 0.25) is 0 Å². The van der Waals surface area contributed by atoms with Gasteiger partial charge >= 0.3 is 0 Å². The molecule has 7 heterocycles.